The van der Waals surface area contributed by atoms with Crippen molar-refractivity contribution in [3.05, 3.63) is 52.6 Å². The Balaban J connectivity index is 2.68. The SMILES string of the molecule is CC(N)C1=C(c2ccccc2)C(CS(=O)(=O)NS(C)(=O)=O)C(C)(F)C(Cl)=C1. The molecule has 0 fully saturated rings. The van der Waals surface area contributed by atoms with E-state index in [1.165, 1.54) is 13.0 Å². The number of rotatable bonds is 6. The van der Waals surface area contributed by atoms with Crippen molar-refractivity contribution in [3.63, 3.8) is 0 Å². The second-order valence-corrected chi connectivity index (χ2v) is 11.0. The summed E-state index contributed by atoms with van der Waals surface area (Å²) in [7, 11) is -8.41. The molecule has 3 N–H and O–H groups in total. The number of halogens is 2. The van der Waals surface area contributed by atoms with Crippen LogP contribution in [0, 0.1) is 5.92 Å². The minimum Gasteiger partial charge on any atom is -0.324 e. The largest absolute Gasteiger partial charge is 0.324 e. The fraction of sp³-hybridized carbons (Fsp3) is 0.412. The van der Waals surface area contributed by atoms with Crippen LogP contribution in [0.3, 0.4) is 0 Å². The van der Waals surface area contributed by atoms with Crippen LogP contribution in [0.25, 0.3) is 5.57 Å². The van der Waals surface area contributed by atoms with Gasteiger partial charge in [-0.3, -0.25) is 0 Å². The number of allylic oxidation sites excluding steroid dienone is 2. The minimum atomic E-state index is -4.36. The topological polar surface area (TPSA) is 106 Å². The Morgan fingerprint density at radius 1 is 1.26 bits per heavy atom. The highest BCUT2D eigenvalue weighted by atomic mass is 35.5. The van der Waals surface area contributed by atoms with E-state index in [1.54, 1.807) is 41.4 Å². The molecule has 0 aromatic heterocycles. The highest BCUT2D eigenvalue weighted by Crippen LogP contribution is 2.47. The molecule has 1 aromatic rings. The molecule has 0 radical (unpaired) electrons. The van der Waals surface area contributed by atoms with Crippen LogP contribution in [0.2, 0.25) is 0 Å². The molecule has 0 saturated carbocycles. The summed E-state index contributed by atoms with van der Waals surface area (Å²) < 4.78 is 64.7. The van der Waals surface area contributed by atoms with Crippen molar-refractivity contribution in [1.29, 1.82) is 0 Å². The highest BCUT2D eigenvalue weighted by molar-refractivity contribution is 8.04. The Bertz CT molecular complexity index is 985. The van der Waals surface area contributed by atoms with Gasteiger partial charge in [0.25, 0.3) is 0 Å². The van der Waals surface area contributed by atoms with E-state index >= 15 is 4.39 Å². The highest BCUT2D eigenvalue weighted by Gasteiger charge is 2.46. The summed E-state index contributed by atoms with van der Waals surface area (Å²) in [6.07, 6.45) is 2.13. The molecule has 0 heterocycles. The Labute approximate surface area is 164 Å². The number of nitrogens with one attached hydrogen (secondary N) is 1. The van der Waals surface area contributed by atoms with Crippen molar-refractivity contribution in [3.8, 4) is 0 Å². The minimum absolute atomic E-state index is 0.186. The lowest BCUT2D eigenvalue weighted by atomic mass is 9.74. The van der Waals surface area contributed by atoms with Crippen LogP contribution in [-0.2, 0) is 20.0 Å². The summed E-state index contributed by atoms with van der Waals surface area (Å²) in [4.78, 5) is 0. The fourth-order valence-electron chi connectivity index (χ4n) is 3.08. The quantitative estimate of drug-likeness (QED) is 0.710. The maximum atomic E-state index is 15.5. The van der Waals surface area contributed by atoms with Crippen LogP contribution in [0.15, 0.2) is 47.0 Å². The van der Waals surface area contributed by atoms with Gasteiger partial charge in [0.15, 0.2) is 5.67 Å². The van der Waals surface area contributed by atoms with Gasteiger partial charge in [0, 0.05) is 12.0 Å². The molecule has 0 aliphatic heterocycles. The molecular weight excluding hydrogens is 415 g/mol. The van der Waals surface area contributed by atoms with Crippen molar-refractivity contribution >= 4 is 37.2 Å². The molecule has 6 nitrogen and oxygen atoms in total. The van der Waals surface area contributed by atoms with Gasteiger partial charge in [-0.2, -0.15) is 0 Å². The third kappa shape index (κ3) is 5.17. The molecular formula is C17H22ClFN2O4S2. The number of sulfonamides is 2. The monoisotopic (exact) mass is 436 g/mol. The zero-order valence-electron chi connectivity index (χ0n) is 15.1. The lowest BCUT2D eigenvalue weighted by molar-refractivity contribution is 0.199. The standard InChI is InChI=1S/C17H22ClFN2O4S2/c1-11(20)13-9-15(18)17(2,19)14(10-27(24,25)21-26(3,22)23)16(13)12-7-5-4-6-8-12/h4-9,11,14,21H,10,20H2,1-3H3. The third-order valence-electron chi connectivity index (χ3n) is 4.30. The number of nitrogens with two attached hydrogens (primary N) is 1. The van der Waals surface area contributed by atoms with Crippen molar-refractivity contribution in [1.82, 2.24) is 4.13 Å². The Kier molecular flexibility index (Phi) is 6.23. The van der Waals surface area contributed by atoms with Crippen molar-refractivity contribution < 1.29 is 21.2 Å². The van der Waals surface area contributed by atoms with Gasteiger partial charge in [-0.05, 0) is 36.6 Å². The molecule has 0 bridgehead atoms. The summed E-state index contributed by atoms with van der Waals surface area (Å²) in [5, 5.41) is -0.186. The van der Waals surface area contributed by atoms with Crippen molar-refractivity contribution in [2.75, 3.05) is 12.0 Å². The van der Waals surface area contributed by atoms with E-state index in [2.05, 4.69) is 0 Å². The smallest absolute Gasteiger partial charge is 0.225 e. The molecule has 27 heavy (non-hydrogen) atoms. The van der Waals surface area contributed by atoms with Gasteiger partial charge in [-0.1, -0.05) is 41.9 Å². The van der Waals surface area contributed by atoms with Crippen molar-refractivity contribution in [2.45, 2.75) is 25.6 Å². The van der Waals surface area contributed by atoms with Gasteiger partial charge >= 0.3 is 0 Å². The molecule has 2 rings (SSSR count). The van der Waals surface area contributed by atoms with Gasteiger partial charge in [0.1, 0.15) is 0 Å². The normalized spacial score (nSPS) is 25.3. The predicted molar refractivity (Wildman–Crippen MR) is 106 cm³/mol. The number of hydrogen-bond donors (Lipinski definition) is 2. The van der Waals surface area contributed by atoms with Crippen LogP contribution < -0.4 is 9.86 Å². The van der Waals surface area contributed by atoms with Crippen LogP contribution in [0.1, 0.15) is 19.4 Å². The number of hydrogen-bond acceptors (Lipinski definition) is 5. The molecule has 3 unspecified atom stereocenters. The first-order valence-electron chi connectivity index (χ1n) is 8.07. The summed E-state index contributed by atoms with van der Waals surface area (Å²) in [6, 6.07) is 8.12. The van der Waals surface area contributed by atoms with E-state index in [9.17, 15) is 16.8 Å². The summed E-state index contributed by atoms with van der Waals surface area (Å²) >= 11 is 6.12. The first kappa shape index (κ1) is 22.0. The Hall–Kier alpha value is -1.26. The van der Waals surface area contributed by atoms with E-state index in [0.717, 1.165) is 0 Å². The molecule has 0 spiro atoms. The van der Waals surface area contributed by atoms with Crippen LogP contribution in [-0.4, -0.2) is 40.6 Å². The second-order valence-electron chi connectivity index (χ2n) is 6.78. The van der Waals surface area contributed by atoms with Gasteiger partial charge in [0.2, 0.25) is 20.0 Å². The van der Waals surface area contributed by atoms with Crippen LogP contribution in [0.4, 0.5) is 4.39 Å². The van der Waals surface area contributed by atoms with Crippen LogP contribution in [0.5, 0.6) is 0 Å². The first-order valence-corrected chi connectivity index (χ1v) is 12.0. The maximum Gasteiger partial charge on any atom is 0.225 e. The van der Waals surface area contributed by atoms with E-state index in [-0.39, 0.29) is 5.03 Å². The molecule has 0 saturated heterocycles. The molecule has 150 valence electrons. The molecule has 1 aliphatic carbocycles. The molecule has 1 aliphatic rings. The van der Waals surface area contributed by atoms with Crippen LogP contribution >= 0.6 is 11.6 Å². The zero-order valence-corrected chi connectivity index (χ0v) is 17.5. The molecule has 10 heteroatoms. The molecule has 1 aromatic carbocycles. The number of benzene rings is 1. The summed E-state index contributed by atoms with van der Waals surface area (Å²) in [5.74, 6) is -2.06. The van der Waals surface area contributed by atoms with Gasteiger partial charge < -0.3 is 5.73 Å². The van der Waals surface area contributed by atoms with Crippen molar-refractivity contribution in [2.24, 2.45) is 11.7 Å². The lowest BCUT2D eigenvalue weighted by Gasteiger charge is -2.37. The van der Waals surface area contributed by atoms with E-state index in [1.807, 2.05) is 0 Å². The maximum absolute atomic E-state index is 15.5. The first-order chi connectivity index (χ1) is 12.2. The Morgan fingerprint density at radius 3 is 2.30 bits per heavy atom. The Morgan fingerprint density at radius 2 is 1.81 bits per heavy atom. The van der Waals surface area contributed by atoms with E-state index in [0.29, 0.717) is 23.0 Å². The average Bonchev–Trinajstić information content (AvgIpc) is 2.50. The molecule has 0 amide bonds. The van der Waals surface area contributed by atoms with Gasteiger partial charge in [-0.15, -0.1) is 4.13 Å². The van der Waals surface area contributed by atoms with E-state index < -0.39 is 43.4 Å². The zero-order chi connectivity index (χ0) is 20.6. The average molecular weight is 437 g/mol. The van der Waals surface area contributed by atoms with E-state index in [4.69, 9.17) is 17.3 Å². The predicted octanol–water partition coefficient (Wildman–Crippen LogP) is 2.15. The number of alkyl halides is 1. The summed E-state index contributed by atoms with van der Waals surface area (Å²) in [6.45, 7) is 2.85. The second kappa shape index (κ2) is 7.63. The third-order valence-corrected chi connectivity index (χ3v) is 7.78. The summed E-state index contributed by atoms with van der Waals surface area (Å²) in [5.41, 5.74) is 5.28. The molecule has 3 atom stereocenters. The fourth-order valence-corrected chi connectivity index (χ4v) is 6.37. The lowest BCUT2D eigenvalue weighted by Crippen LogP contribution is -2.43. The van der Waals surface area contributed by atoms with Gasteiger partial charge in [0.05, 0.1) is 17.0 Å². The van der Waals surface area contributed by atoms with Gasteiger partial charge in [-0.25, -0.2) is 21.2 Å².